The Morgan fingerprint density at radius 1 is 1.38 bits per heavy atom. The third kappa shape index (κ3) is 1.90. The van der Waals surface area contributed by atoms with Crippen molar-refractivity contribution in [3.8, 4) is 0 Å². The fourth-order valence-corrected chi connectivity index (χ4v) is 2.25. The van der Waals surface area contributed by atoms with Crippen LogP contribution in [0.15, 0.2) is 18.2 Å². The van der Waals surface area contributed by atoms with E-state index < -0.39 is 5.97 Å². The molecule has 1 aromatic carbocycles. The number of nitrogens with zero attached hydrogens (tertiary/aromatic N) is 1. The first-order valence-electron chi connectivity index (χ1n) is 5.48. The lowest BCUT2D eigenvalue weighted by Crippen LogP contribution is -2.53. The zero-order chi connectivity index (χ0) is 11.9. The van der Waals surface area contributed by atoms with Crippen LogP contribution in [0.5, 0.6) is 0 Å². The molecule has 16 heavy (non-hydrogen) atoms. The molecule has 2 rings (SSSR count). The Morgan fingerprint density at radius 2 is 2.00 bits per heavy atom. The van der Waals surface area contributed by atoms with Gasteiger partial charge in [0.2, 0.25) is 0 Å². The first-order chi connectivity index (χ1) is 7.39. The summed E-state index contributed by atoms with van der Waals surface area (Å²) in [5.74, 6) is -0.854. The van der Waals surface area contributed by atoms with Crippen LogP contribution >= 0.6 is 0 Å². The third-order valence-corrected chi connectivity index (χ3v) is 3.04. The van der Waals surface area contributed by atoms with E-state index in [1.165, 1.54) is 0 Å². The minimum atomic E-state index is -0.854. The van der Waals surface area contributed by atoms with Gasteiger partial charge in [-0.15, -0.1) is 0 Å². The fraction of sp³-hybridized carbons (Fsp3) is 0.462. The van der Waals surface area contributed by atoms with Gasteiger partial charge >= 0.3 is 5.97 Å². The highest BCUT2D eigenvalue weighted by molar-refractivity contribution is 5.89. The van der Waals surface area contributed by atoms with E-state index in [0.717, 1.165) is 24.3 Å². The zero-order valence-corrected chi connectivity index (χ0v) is 9.95. The number of hydrogen-bond donors (Lipinski definition) is 1. The lowest BCUT2D eigenvalue weighted by atomic mass is 9.84. The van der Waals surface area contributed by atoms with Crippen molar-refractivity contribution in [3.05, 3.63) is 29.3 Å². The fourth-order valence-electron chi connectivity index (χ4n) is 2.25. The van der Waals surface area contributed by atoms with Gasteiger partial charge in [0.05, 0.1) is 5.56 Å². The van der Waals surface area contributed by atoms with Crippen LogP contribution in [-0.4, -0.2) is 24.2 Å². The van der Waals surface area contributed by atoms with E-state index in [0.29, 0.717) is 11.0 Å². The molecule has 3 heteroatoms. The van der Waals surface area contributed by atoms with Crippen molar-refractivity contribution >= 4 is 11.7 Å². The zero-order valence-electron chi connectivity index (χ0n) is 9.95. The van der Waals surface area contributed by atoms with Gasteiger partial charge in [-0.2, -0.15) is 0 Å². The molecule has 0 saturated carbocycles. The summed E-state index contributed by atoms with van der Waals surface area (Å²) in [5.41, 5.74) is 2.74. The minimum absolute atomic E-state index is 0.388. The monoisotopic (exact) mass is 219 g/mol. The van der Waals surface area contributed by atoms with Gasteiger partial charge in [0, 0.05) is 18.8 Å². The van der Waals surface area contributed by atoms with Crippen molar-refractivity contribution in [2.75, 3.05) is 18.0 Å². The van der Waals surface area contributed by atoms with Crippen LogP contribution in [-0.2, 0) is 0 Å². The number of carbonyl (C=O) groups is 1. The molecule has 0 radical (unpaired) electrons. The average Bonchev–Trinajstić information content (AvgIpc) is 2.13. The molecule has 1 aliphatic heterocycles. The van der Waals surface area contributed by atoms with Crippen molar-refractivity contribution in [1.82, 2.24) is 0 Å². The molecule has 1 saturated heterocycles. The summed E-state index contributed by atoms with van der Waals surface area (Å²) in [6, 6.07) is 5.54. The van der Waals surface area contributed by atoms with Crippen LogP contribution in [0, 0.1) is 12.3 Å². The summed E-state index contributed by atoms with van der Waals surface area (Å²) in [4.78, 5) is 13.2. The SMILES string of the molecule is Cc1cc(N2CC(C)(C)C2)ccc1C(=O)O. The van der Waals surface area contributed by atoms with E-state index in [1.54, 1.807) is 6.07 Å². The van der Waals surface area contributed by atoms with Crippen LogP contribution in [0.4, 0.5) is 5.69 Å². The highest BCUT2D eigenvalue weighted by Gasteiger charge is 2.34. The minimum Gasteiger partial charge on any atom is -0.478 e. The van der Waals surface area contributed by atoms with Crippen molar-refractivity contribution in [3.63, 3.8) is 0 Å². The van der Waals surface area contributed by atoms with E-state index >= 15 is 0 Å². The summed E-state index contributed by atoms with van der Waals surface area (Å²) in [6.45, 7) is 8.40. The first kappa shape index (κ1) is 11.0. The molecule has 0 atom stereocenters. The lowest BCUT2D eigenvalue weighted by Gasteiger charge is -2.47. The Morgan fingerprint density at radius 3 is 2.44 bits per heavy atom. The molecular formula is C13H17NO2. The van der Waals surface area contributed by atoms with Gasteiger partial charge in [0.15, 0.2) is 0 Å². The molecule has 0 bridgehead atoms. The summed E-state index contributed by atoms with van der Waals surface area (Å²) in [7, 11) is 0. The van der Waals surface area contributed by atoms with Gasteiger partial charge in [-0.3, -0.25) is 0 Å². The maximum atomic E-state index is 10.9. The van der Waals surface area contributed by atoms with Crippen LogP contribution < -0.4 is 4.90 Å². The van der Waals surface area contributed by atoms with Gasteiger partial charge in [-0.1, -0.05) is 13.8 Å². The number of rotatable bonds is 2. The number of aryl methyl sites for hydroxylation is 1. The quantitative estimate of drug-likeness (QED) is 0.831. The predicted octanol–water partition coefficient (Wildman–Crippen LogP) is 2.54. The maximum Gasteiger partial charge on any atom is 0.335 e. The van der Waals surface area contributed by atoms with Crippen LogP contribution in [0.25, 0.3) is 0 Å². The highest BCUT2D eigenvalue weighted by atomic mass is 16.4. The Balaban J connectivity index is 2.20. The van der Waals surface area contributed by atoms with E-state index in [1.807, 2.05) is 19.1 Å². The second kappa shape index (κ2) is 3.51. The second-order valence-corrected chi connectivity index (χ2v) is 5.32. The van der Waals surface area contributed by atoms with Gasteiger partial charge in [0.25, 0.3) is 0 Å². The second-order valence-electron chi connectivity index (χ2n) is 5.32. The molecule has 1 N–H and O–H groups in total. The topological polar surface area (TPSA) is 40.5 Å². The molecule has 1 heterocycles. The average molecular weight is 219 g/mol. The molecule has 3 nitrogen and oxygen atoms in total. The van der Waals surface area contributed by atoms with Crippen molar-refractivity contribution in [1.29, 1.82) is 0 Å². The Kier molecular flexibility index (Phi) is 2.41. The number of carboxylic acid groups (broad SMARTS) is 1. The van der Waals surface area contributed by atoms with Gasteiger partial charge in [-0.05, 0) is 36.1 Å². The number of benzene rings is 1. The smallest absolute Gasteiger partial charge is 0.335 e. The molecule has 1 aliphatic rings. The largest absolute Gasteiger partial charge is 0.478 e. The molecule has 0 aliphatic carbocycles. The summed E-state index contributed by atoms with van der Waals surface area (Å²) in [6.07, 6.45) is 0. The van der Waals surface area contributed by atoms with Crippen LogP contribution in [0.2, 0.25) is 0 Å². The maximum absolute atomic E-state index is 10.9. The lowest BCUT2D eigenvalue weighted by molar-refractivity contribution is 0.0696. The van der Waals surface area contributed by atoms with E-state index in [-0.39, 0.29) is 0 Å². The van der Waals surface area contributed by atoms with Gasteiger partial charge in [0.1, 0.15) is 0 Å². The predicted molar refractivity (Wildman–Crippen MR) is 64.1 cm³/mol. The normalized spacial score (nSPS) is 18.1. The first-order valence-corrected chi connectivity index (χ1v) is 5.48. The van der Waals surface area contributed by atoms with Gasteiger partial charge < -0.3 is 10.0 Å². The number of anilines is 1. The summed E-state index contributed by atoms with van der Waals surface area (Å²) < 4.78 is 0. The standard InChI is InChI=1S/C13H17NO2/c1-9-6-10(4-5-11(9)12(15)16)14-7-13(2,3)8-14/h4-6H,7-8H2,1-3H3,(H,15,16). The number of aromatic carboxylic acids is 1. The molecule has 1 aromatic rings. The molecule has 0 spiro atoms. The van der Waals surface area contributed by atoms with Crippen molar-refractivity contribution in [2.45, 2.75) is 20.8 Å². The number of hydrogen-bond acceptors (Lipinski definition) is 2. The molecule has 0 amide bonds. The molecule has 1 fully saturated rings. The third-order valence-electron chi connectivity index (χ3n) is 3.04. The van der Waals surface area contributed by atoms with Crippen LogP contribution in [0.1, 0.15) is 29.8 Å². The Labute approximate surface area is 95.7 Å². The van der Waals surface area contributed by atoms with Crippen molar-refractivity contribution < 1.29 is 9.90 Å². The van der Waals surface area contributed by atoms with Crippen LogP contribution in [0.3, 0.4) is 0 Å². The highest BCUT2D eigenvalue weighted by Crippen LogP contribution is 2.34. The van der Waals surface area contributed by atoms with E-state index in [4.69, 9.17) is 5.11 Å². The van der Waals surface area contributed by atoms with Gasteiger partial charge in [-0.25, -0.2) is 4.79 Å². The molecular weight excluding hydrogens is 202 g/mol. The molecule has 0 unspecified atom stereocenters. The van der Waals surface area contributed by atoms with Crippen molar-refractivity contribution in [2.24, 2.45) is 5.41 Å². The Hall–Kier alpha value is -1.51. The molecule has 86 valence electrons. The van der Waals surface area contributed by atoms with E-state index in [2.05, 4.69) is 18.7 Å². The van der Waals surface area contributed by atoms with E-state index in [9.17, 15) is 4.79 Å². The number of carboxylic acids is 1. The molecule has 0 aromatic heterocycles. The summed E-state index contributed by atoms with van der Waals surface area (Å²) >= 11 is 0. The Bertz CT molecular complexity index is 430. The summed E-state index contributed by atoms with van der Waals surface area (Å²) in [5, 5.41) is 8.94.